The number of nitrogens with zero attached hydrogens (tertiary/aromatic N) is 2. The number of benzene rings is 7. The molecule has 2 unspecified atom stereocenters. The zero-order chi connectivity index (χ0) is 44.9. The Morgan fingerprint density at radius 3 is 1.02 bits per heavy atom. The summed E-state index contributed by atoms with van der Waals surface area (Å²) in [6, 6.07) is 28.3. The topological polar surface area (TPSA) is 6.48 Å². The number of rotatable bonds is 9. The van der Waals surface area contributed by atoms with Crippen LogP contribution in [0.5, 0.6) is 0 Å². The van der Waals surface area contributed by atoms with E-state index in [1.807, 2.05) is 42.2 Å². The van der Waals surface area contributed by atoms with Gasteiger partial charge < -0.3 is 9.80 Å². The van der Waals surface area contributed by atoms with Crippen LogP contribution in [0.2, 0.25) is 0 Å². The molecule has 0 aromatic heterocycles. The Labute approximate surface area is 351 Å². The molecule has 2 atom stereocenters. The van der Waals surface area contributed by atoms with Crippen molar-refractivity contribution in [2.24, 2.45) is 5.92 Å². The molecule has 318 valence electrons. The second kappa shape index (κ2) is 16.9. The Hall–Kier alpha value is -7.22. The molecule has 14 heteroatoms. The number of hydrogen-bond acceptors (Lipinski definition) is 2. The third-order valence-corrected chi connectivity index (χ3v) is 10.7. The molecule has 0 fully saturated rings. The Balaban J connectivity index is 1.09. The summed E-state index contributed by atoms with van der Waals surface area (Å²) in [6.45, 7) is 1.93. The highest BCUT2D eigenvalue weighted by Crippen LogP contribution is 2.41. The molecular weight excluding hydrogens is 845 g/mol. The van der Waals surface area contributed by atoms with Gasteiger partial charge in [-0.25, -0.2) is 52.7 Å². The zero-order valence-electron chi connectivity index (χ0n) is 32.4. The lowest BCUT2D eigenvalue weighted by atomic mass is 9.88. The van der Waals surface area contributed by atoms with Gasteiger partial charge in [0, 0.05) is 28.4 Å². The van der Waals surface area contributed by atoms with Crippen LogP contribution in [0, 0.1) is 75.7 Å². The van der Waals surface area contributed by atoms with Crippen molar-refractivity contribution in [2.75, 3.05) is 9.80 Å². The van der Waals surface area contributed by atoms with Gasteiger partial charge in [-0.1, -0.05) is 61.5 Å². The molecular formula is C49H28F12N2. The van der Waals surface area contributed by atoms with Gasteiger partial charge in [-0.3, -0.25) is 0 Å². The van der Waals surface area contributed by atoms with Crippen molar-refractivity contribution in [1.29, 1.82) is 0 Å². The van der Waals surface area contributed by atoms with Crippen molar-refractivity contribution >= 4 is 34.0 Å². The summed E-state index contributed by atoms with van der Waals surface area (Å²) in [5.74, 6) is -22.0. The minimum Gasteiger partial charge on any atom is -0.334 e. The van der Waals surface area contributed by atoms with Gasteiger partial charge in [0.2, 0.25) is 11.6 Å². The average molecular weight is 873 g/mol. The van der Waals surface area contributed by atoms with Crippen molar-refractivity contribution in [3.8, 4) is 22.3 Å². The Morgan fingerprint density at radius 2 is 0.651 bits per heavy atom. The van der Waals surface area contributed by atoms with Crippen LogP contribution in [0.4, 0.5) is 81.1 Å². The lowest BCUT2D eigenvalue weighted by molar-refractivity contribution is 0.381. The maximum Gasteiger partial charge on any atom is 0.200 e. The Kier molecular flexibility index (Phi) is 11.4. The van der Waals surface area contributed by atoms with E-state index in [9.17, 15) is 52.7 Å². The molecule has 0 saturated heterocycles. The van der Waals surface area contributed by atoms with Gasteiger partial charge in [-0.15, -0.1) is 0 Å². The number of hydrogen-bond donors (Lipinski definition) is 0. The molecule has 2 nitrogen and oxygen atoms in total. The normalized spacial score (nSPS) is 14.8. The van der Waals surface area contributed by atoms with Gasteiger partial charge >= 0.3 is 0 Å². The summed E-state index contributed by atoms with van der Waals surface area (Å²) in [7, 11) is 0. The molecule has 0 aliphatic heterocycles. The fourth-order valence-electron chi connectivity index (χ4n) is 7.55. The maximum absolute atomic E-state index is 14.7. The van der Waals surface area contributed by atoms with Crippen molar-refractivity contribution in [3.63, 3.8) is 0 Å². The molecule has 0 heterocycles. The molecule has 0 radical (unpaired) electrons. The van der Waals surface area contributed by atoms with Crippen LogP contribution in [0.15, 0.2) is 140 Å². The zero-order valence-corrected chi connectivity index (χ0v) is 32.4. The first-order chi connectivity index (χ1) is 30.1. The average Bonchev–Trinajstić information content (AvgIpc) is 3.29. The first-order valence-electron chi connectivity index (χ1n) is 19.0. The van der Waals surface area contributed by atoms with Crippen molar-refractivity contribution in [1.82, 2.24) is 0 Å². The van der Waals surface area contributed by atoms with Crippen molar-refractivity contribution in [3.05, 3.63) is 215 Å². The third-order valence-electron chi connectivity index (χ3n) is 10.7. The summed E-state index contributed by atoms with van der Waals surface area (Å²) in [6.07, 6.45) is 5.73. The second-order valence-corrected chi connectivity index (χ2v) is 14.5. The van der Waals surface area contributed by atoms with Gasteiger partial charge in [0.25, 0.3) is 0 Å². The van der Waals surface area contributed by atoms with E-state index in [1.54, 1.807) is 17.0 Å². The Morgan fingerprint density at radius 1 is 0.349 bits per heavy atom. The van der Waals surface area contributed by atoms with Crippen LogP contribution >= 0.6 is 0 Å². The van der Waals surface area contributed by atoms with Gasteiger partial charge in [-0.05, 0) is 113 Å². The summed E-state index contributed by atoms with van der Waals surface area (Å²) in [4.78, 5) is 3.52. The van der Waals surface area contributed by atoms with E-state index in [0.717, 1.165) is 11.1 Å². The van der Waals surface area contributed by atoms with E-state index in [1.165, 1.54) is 97.1 Å². The van der Waals surface area contributed by atoms with Crippen LogP contribution < -0.4 is 9.80 Å². The van der Waals surface area contributed by atoms with Crippen molar-refractivity contribution < 1.29 is 52.7 Å². The minimum atomic E-state index is -2.27. The number of anilines is 5. The maximum atomic E-state index is 14.7. The highest BCUT2D eigenvalue weighted by Gasteiger charge is 2.30. The molecule has 0 N–H and O–H groups in total. The minimum absolute atomic E-state index is 0.253. The molecule has 0 bridgehead atoms. The number of allylic oxidation sites excluding steroid dienone is 2. The molecule has 0 amide bonds. The standard InChI is InChI=1S/C49H28F12N2/c1-25-24-29(8-23-37(25)63(36-21-11-31(51)12-22-36)35-17-6-28(7-18-35)39-42(54)46(58)49(61)47(59)43(39)55)26-2-13-32(14-3-26)62(34-19-9-30(50)10-20-34)33-15-4-27(5-16-33)38-40(52)44(56)48(60)45(57)41(38)53/h2-25,37H,1H3. The molecule has 8 rings (SSSR count). The summed E-state index contributed by atoms with van der Waals surface area (Å²) >= 11 is 0. The molecule has 1 aliphatic rings. The molecule has 1 aliphatic carbocycles. The van der Waals surface area contributed by atoms with Crippen LogP contribution in [0.25, 0.3) is 27.8 Å². The van der Waals surface area contributed by atoms with E-state index in [2.05, 4.69) is 0 Å². The highest BCUT2D eigenvalue weighted by atomic mass is 19.2. The van der Waals surface area contributed by atoms with E-state index in [-0.39, 0.29) is 17.0 Å². The van der Waals surface area contributed by atoms with Crippen LogP contribution in [0.1, 0.15) is 12.5 Å². The first kappa shape index (κ1) is 42.5. The van der Waals surface area contributed by atoms with Gasteiger partial charge in [0.05, 0.1) is 17.2 Å². The predicted molar refractivity (Wildman–Crippen MR) is 217 cm³/mol. The van der Waals surface area contributed by atoms with Crippen LogP contribution in [0.3, 0.4) is 0 Å². The molecule has 63 heavy (non-hydrogen) atoms. The largest absolute Gasteiger partial charge is 0.334 e. The van der Waals surface area contributed by atoms with Gasteiger partial charge in [0.1, 0.15) is 11.6 Å². The monoisotopic (exact) mass is 872 g/mol. The molecule has 0 saturated carbocycles. The summed E-state index contributed by atoms with van der Waals surface area (Å²) in [5, 5.41) is 0. The predicted octanol–water partition coefficient (Wildman–Crippen LogP) is 15.0. The summed E-state index contributed by atoms with van der Waals surface area (Å²) < 4.78 is 170. The van der Waals surface area contributed by atoms with Gasteiger partial charge in [-0.2, -0.15) is 0 Å². The Bertz CT molecular complexity index is 2860. The van der Waals surface area contributed by atoms with Crippen LogP contribution in [-0.4, -0.2) is 6.04 Å². The van der Waals surface area contributed by atoms with Gasteiger partial charge in [0.15, 0.2) is 46.5 Å². The molecule has 0 spiro atoms. The highest BCUT2D eigenvalue weighted by molar-refractivity contribution is 5.82. The van der Waals surface area contributed by atoms with Crippen LogP contribution in [-0.2, 0) is 0 Å². The first-order valence-corrected chi connectivity index (χ1v) is 19.0. The van der Waals surface area contributed by atoms with E-state index in [4.69, 9.17) is 0 Å². The third kappa shape index (κ3) is 7.81. The molecule has 7 aromatic rings. The van der Waals surface area contributed by atoms with E-state index >= 15 is 0 Å². The quantitative estimate of drug-likeness (QED) is 0.0810. The smallest absolute Gasteiger partial charge is 0.200 e. The van der Waals surface area contributed by atoms with E-state index < -0.39 is 87.0 Å². The summed E-state index contributed by atoms with van der Waals surface area (Å²) in [5.41, 5.74) is 1.27. The fourth-order valence-corrected chi connectivity index (χ4v) is 7.55. The number of halogens is 12. The lowest BCUT2D eigenvalue weighted by Crippen LogP contribution is -2.35. The second-order valence-electron chi connectivity index (χ2n) is 14.5. The lowest BCUT2D eigenvalue weighted by Gasteiger charge is -2.37. The van der Waals surface area contributed by atoms with E-state index in [0.29, 0.717) is 28.4 Å². The fraction of sp³-hybridized carbons (Fsp3) is 0.0612. The SMILES string of the molecule is CC1C=C(c2ccc(N(c3ccc(F)cc3)c3ccc(-c4c(F)c(F)c(F)c(F)c4F)cc3)cc2)C=CC1N(c1ccc(F)cc1)c1ccc(-c2c(F)c(F)c(F)c(F)c2F)cc1. The van der Waals surface area contributed by atoms with Crippen molar-refractivity contribution in [2.45, 2.75) is 13.0 Å². The molecule has 7 aromatic carbocycles.